The molecule has 10 heteroatoms. The fourth-order valence-corrected chi connectivity index (χ4v) is 3.67. The van der Waals surface area contributed by atoms with Gasteiger partial charge in [-0.2, -0.15) is 4.98 Å². The Kier molecular flexibility index (Phi) is 6.87. The van der Waals surface area contributed by atoms with Crippen LogP contribution in [0.5, 0.6) is 0 Å². The van der Waals surface area contributed by atoms with E-state index in [0.29, 0.717) is 45.6 Å². The van der Waals surface area contributed by atoms with E-state index in [4.69, 9.17) is 16.1 Å². The van der Waals surface area contributed by atoms with Crippen LogP contribution in [-0.4, -0.2) is 31.2 Å². The SMILES string of the molecule is Cc1ccc(-c2nc(SCc3noc(CCC(=O)Nc4ccc(C)c(Cl)c4)n3)n[nH]2)cc1. The lowest BCUT2D eigenvalue weighted by molar-refractivity contribution is -0.116. The summed E-state index contributed by atoms with van der Waals surface area (Å²) >= 11 is 7.49. The first-order chi connectivity index (χ1) is 15.5. The molecule has 1 amide bonds. The lowest BCUT2D eigenvalue weighted by Crippen LogP contribution is -2.12. The quantitative estimate of drug-likeness (QED) is 0.350. The molecule has 4 rings (SSSR count). The van der Waals surface area contributed by atoms with Crippen molar-refractivity contribution < 1.29 is 9.32 Å². The number of anilines is 1. The predicted octanol–water partition coefficient (Wildman–Crippen LogP) is 4.99. The Morgan fingerprint density at radius 3 is 2.75 bits per heavy atom. The first kappa shape index (κ1) is 22.0. The highest BCUT2D eigenvalue weighted by molar-refractivity contribution is 7.98. The van der Waals surface area contributed by atoms with Gasteiger partial charge in [0, 0.05) is 29.1 Å². The Labute approximate surface area is 194 Å². The zero-order chi connectivity index (χ0) is 22.5. The normalized spacial score (nSPS) is 11.0. The van der Waals surface area contributed by atoms with E-state index < -0.39 is 0 Å². The number of benzene rings is 2. The molecule has 0 atom stereocenters. The third-order valence-electron chi connectivity index (χ3n) is 4.65. The number of carbonyl (C=O) groups is 1. The summed E-state index contributed by atoms with van der Waals surface area (Å²) in [6.07, 6.45) is 0.572. The third-order valence-corrected chi connectivity index (χ3v) is 5.90. The van der Waals surface area contributed by atoms with Gasteiger partial charge in [0.1, 0.15) is 0 Å². The monoisotopic (exact) mass is 468 g/mol. The zero-order valence-corrected chi connectivity index (χ0v) is 19.1. The van der Waals surface area contributed by atoms with Gasteiger partial charge in [-0.1, -0.05) is 64.4 Å². The molecule has 32 heavy (non-hydrogen) atoms. The summed E-state index contributed by atoms with van der Waals surface area (Å²) in [5.74, 6) is 1.96. The number of carbonyl (C=O) groups excluding carboxylic acids is 1. The number of rotatable bonds is 8. The number of H-pyrrole nitrogens is 1. The number of hydrogen-bond donors (Lipinski definition) is 2. The topological polar surface area (TPSA) is 110 Å². The Bertz CT molecular complexity index is 1220. The van der Waals surface area contributed by atoms with Gasteiger partial charge in [-0.15, -0.1) is 5.10 Å². The highest BCUT2D eigenvalue weighted by Gasteiger charge is 2.12. The summed E-state index contributed by atoms with van der Waals surface area (Å²) < 4.78 is 5.25. The largest absolute Gasteiger partial charge is 0.339 e. The van der Waals surface area contributed by atoms with Gasteiger partial charge >= 0.3 is 0 Å². The van der Waals surface area contributed by atoms with Crippen LogP contribution in [0.1, 0.15) is 29.3 Å². The number of aromatic amines is 1. The summed E-state index contributed by atoms with van der Waals surface area (Å²) in [4.78, 5) is 21.0. The molecule has 2 N–H and O–H groups in total. The molecule has 2 aromatic heterocycles. The van der Waals surface area contributed by atoms with Gasteiger partial charge in [0.25, 0.3) is 0 Å². The standard InChI is InChI=1S/C22H21ClN6O2S/c1-13-3-6-15(7-4-13)21-26-22(28-27-21)32-12-18-25-20(31-29-18)10-9-19(30)24-16-8-5-14(2)17(23)11-16/h3-8,11H,9-10,12H2,1-2H3,(H,24,30)(H,26,27,28). The molecule has 0 aliphatic heterocycles. The Balaban J connectivity index is 1.25. The lowest BCUT2D eigenvalue weighted by Gasteiger charge is -2.06. The molecule has 2 aromatic carbocycles. The van der Waals surface area contributed by atoms with E-state index in [1.165, 1.54) is 17.3 Å². The van der Waals surface area contributed by atoms with Gasteiger partial charge in [-0.05, 0) is 31.5 Å². The van der Waals surface area contributed by atoms with Crippen molar-refractivity contribution in [3.05, 3.63) is 70.3 Å². The van der Waals surface area contributed by atoms with Crippen molar-refractivity contribution >= 4 is 35.0 Å². The first-order valence-corrected chi connectivity index (χ1v) is 11.3. The van der Waals surface area contributed by atoms with Crippen LogP contribution >= 0.6 is 23.4 Å². The minimum absolute atomic E-state index is 0.150. The second kappa shape index (κ2) is 9.97. The minimum Gasteiger partial charge on any atom is -0.339 e. The molecule has 0 bridgehead atoms. The molecule has 0 saturated heterocycles. The molecular weight excluding hydrogens is 448 g/mol. The number of aryl methyl sites for hydroxylation is 3. The highest BCUT2D eigenvalue weighted by atomic mass is 35.5. The molecule has 0 unspecified atom stereocenters. The van der Waals surface area contributed by atoms with Crippen LogP contribution in [0.3, 0.4) is 0 Å². The average molecular weight is 469 g/mol. The third kappa shape index (κ3) is 5.74. The van der Waals surface area contributed by atoms with Crippen LogP contribution in [0.4, 0.5) is 5.69 Å². The van der Waals surface area contributed by atoms with Crippen LogP contribution in [0.25, 0.3) is 11.4 Å². The molecule has 8 nitrogen and oxygen atoms in total. The molecule has 164 valence electrons. The predicted molar refractivity (Wildman–Crippen MR) is 124 cm³/mol. The van der Waals surface area contributed by atoms with Gasteiger partial charge in [-0.25, -0.2) is 4.98 Å². The minimum atomic E-state index is -0.150. The number of halogens is 1. The number of nitrogens with zero attached hydrogens (tertiary/aromatic N) is 4. The molecule has 0 fully saturated rings. The molecule has 0 saturated carbocycles. The molecule has 4 aromatic rings. The van der Waals surface area contributed by atoms with E-state index in [9.17, 15) is 4.79 Å². The Morgan fingerprint density at radius 1 is 1.16 bits per heavy atom. The van der Waals surface area contributed by atoms with Crippen molar-refractivity contribution in [1.29, 1.82) is 0 Å². The maximum Gasteiger partial charge on any atom is 0.227 e. The van der Waals surface area contributed by atoms with E-state index in [0.717, 1.165) is 11.1 Å². The number of nitrogens with one attached hydrogen (secondary N) is 2. The fourth-order valence-electron chi connectivity index (χ4n) is 2.85. The summed E-state index contributed by atoms with van der Waals surface area (Å²) in [5.41, 5.74) is 3.78. The maximum atomic E-state index is 12.2. The van der Waals surface area contributed by atoms with Crippen LogP contribution in [0, 0.1) is 13.8 Å². The highest BCUT2D eigenvalue weighted by Crippen LogP contribution is 2.22. The summed E-state index contributed by atoms with van der Waals surface area (Å²) in [6.45, 7) is 3.95. The van der Waals surface area contributed by atoms with E-state index in [2.05, 4.69) is 30.6 Å². The number of thioether (sulfide) groups is 1. The second-order valence-corrected chi connectivity index (χ2v) is 8.59. The first-order valence-electron chi connectivity index (χ1n) is 9.96. The molecule has 0 radical (unpaired) electrons. The van der Waals surface area contributed by atoms with E-state index in [-0.39, 0.29) is 12.3 Å². The van der Waals surface area contributed by atoms with Crippen molar-refractivity contribution in [2.24, 2.45) is 0 Å². The molecular formula is C22H21ClN6O2S. The summed E-state index contributed by atoms with van der Waals surface area (Å²) in [6, 6.07) is 13.5. The number of aromatic nitrogens is 5. The van der Waals surface area contributed by atoms with Crippen molar-refractivity contribution in [3.63, 3.8) is 0 Å². The van der Waals surface area contributed by atoms with Gasteiger partial charge in [0.05, 0.1) is 5.75 Å². The Morgan fingerprint density at radius 2 is 1.97 bits per heavy atom. The zero-order valence-electron chi connectivity index (χ0n) is 17.6. The average Bonchev–Trinajstić information content (AvgIpc) is 3.43. The van der Waals surface area contributed by atoms with Crippen molar-refractivity contribution in [3.8, 4) is 11.4 Å². The fraction of sp³-hybridized carbons (Fsp3) is 0.227. The van der Waals surface area contributed by atoms with Crippen LogP contribution in [-0.2, 0) is 17.0 Å². The van der Waals surface area contributed by atoms with E-state index in [1.807, 2.05) is 50.2 Å². The van der Waals surface area contributed by atoms with Gasteiger partial charge < -0.3 is 9.84 Å². The van der Waals surface area contributed by atoms with E-state index in [1.54, 1.807) is 6.07 Å². The maximum absolute atomic E-state index is 12.2. The smallest absolute Gasteiger partial charge is 0.227 e. The second-order valence-electron chi connectivity index (χ2n) is 7.24. The number of hydrogen-bond acceptors (Lipinski definition) is 7. The van der Waals surface area contributed by atoms with Crippen LogP contribution in [0.2, 0.25) is 5.02 Å². The molecule has 2 heterocycles. The van der Waals surface area contributed by atoms with Gasteiger partial charge in [0.15, 0.2) is 11.6 Å². The van der Waals surface area contributed by atoms with Crippen LogP contribution in [0.15, 0.2) is 52.1 Å². The summed E-state index contributed by atoms with van der Waals surface area (Å²) in [5, 5.41) is 15.2. The van der Waals surface area contributed by atoms with Crippen molar-refractivity contribution in [1.82, 2.24) is 25.3 Å². The van der Waals surface area contributed by atoms with E-state index >= 15 is 0 Å². The van der Waals surface area contributed by atoms with Crippen molar-refractivity contribution in [2.45, 2.75) is 37.6 Å². The molecule has 0 aliphatic carbocycles. The van der Waals surface area contributed by atoms with Gasteiger partial charge in [-0.3, -0.25) is 9.89 Å². The molecule has 0 aliphatic rings. The summed E-state index contributed by atoms with van der Waals surface area (Å²) in [7, 11) is 0. The van der Waals surface area contributed by atoms with Crippen molar-refractivity contribution in [2.75, 3.05) is 5.32 Å². The van der Waals surface area contributed by atoms with Crippen LogP contribution < -0.4 is 5.32 Å². The molecule has 0 spiro atoms. The Hall–Kier alpha value is -3.17. The lowest BCUT2D eigenvalue weighted by atomic mass is 10.1. The van der Waals surface area contributed by atoms with Gasteiger partial charge in [0.2, 0.25) is 17.0 Å². The number of amides is 1.